The van der Waals surface area contributed by atoms with Crippen LogP contribution in [0.1, 0.15) is 35.8 Å². The second kappa shape index (κ2) is 12.0. The number of anilines is 2. The summed E-state index contributed by atoms with van der Waals surface area (Å²) < 4.78 is 0. The topological polar surface area (TPSA) is 169 Å². The van der Waals surface area contributed by atoms with Gasteiger partial charge in [-0.15, -0.1) is 0 Å². The standard InChI is InChI=1S/C22H29Cl2N9O2/c1-2-33(22(27)31-21(35)17-19(25)30-20(26)18(24)29-17)15-4-3-9-32(11-15)12-16(34)28-10-13-5-7-14(23)8-6-13/h5-8,15H,2-4,9-12H2,1H3,(H,28,34)(H4,25,26,30)(H2,27,31,35). The molecule has 1 aliphatic heterocycles. The van der Waals surface area contributed by atoms with Crippen molar-refractivity contribution in [3.8, 4) is 0 Å². The molecule has 35 heavy (non-hydrogen) atoms. The number of rotatable bonds is 7. The summed E-state index contributed by atoms with van der Waals surface area (Å²) in [5.41, 5.74) is 18.2. The monoisotopic (exact) mass is 521 g/mol. The van der Waals surface area contributed by atoms with E-state index < -0.39 is 5.91 Å². The number of aromatic nitrogens is 2. The van der Waals surface area contributed by atoms with Crippen LogP contribution < -0.4 is 22.5 Å². The maximum absolute atomic E-state index is 12.6. The van der Waals surface area contributed by atoms with Gasteiger partial charge in [-0.2, -0.15) is 4.99 Å². The predicted octanol–water partition coefficient (Wildman–Crippen LogP) is 1.51. The van der Waals surface area contributed by atoms with Crippen LogP contribution >= 0.6 is 23.2 Å². The molecule has 0 spiro atoms. The number of nitrogens with one attached hydrogen (secondary N) is 1. The van der Waals surface area contributed by atoms with Gasteiger partial charge in [0.05, 0.1) is 6.54 Å². The molecule has 0 saturated carbocycles. The van der Waals surface area contributed by atoms with Gasteiger partial charge in [0.25, 0.3) is 0 Å². The quantitative estimate of drug-likeness (QED) is 0.311. The van der Waals surface area contributed by atoms with Crippen LogP contribution in [0.3, 0.4) is 0 Å². The van der Waals surface area contributed by atoms with Gasteiger partial charge in [-0.25, -0.2) is 9.97 Å². The number of nitrogen functional groups attached to an aromatic ring is 2. The fraction of sp³-hybridized carbons (Fsp3) is 0.409. The van der Waals surface area contributed by atoms with E-state index in [1.165, 1.54) is 0 Å². The van der Waals surface area contributed by atoms with Crippen molar-refractivity contribution in [2.75, 3.05) is 37.6 Å². The van der Waals surface area contributed by atoms with Crippen LogP contribution in [0, 0.1) is 0 Å². The molecule has 1 unspecified atom stereocenters. The summed E-state index contributed by atoms with van der Waals surface area (Å²) in [4.78, 5) is 40.6. The lowest BCUT2D eigenvalue weighted by Crippen LogP contribution is -2.53. The van der Waals surface area contributed by atoms with Crippen molar-refractivity contribution in [1.82, 2.24) is 25.1 Å². The molecule has 2 aromatic rings. The van der Waals surface area contributed by atoms with E-state index in [4.69, 9.17) is 40.4 Å². The van der Waals surface area contributed by atoms with Crippen LogP contribution in [0.5, 0.6) is 0 Å². The van der Waals surface area contributed by atoms with Crippen molar-refractivity contribution in [2.24, 2.45) is 10.7 Å². The van der Waals surface area contributed by atoms with Gasteiger partial charge in [-0.1, -0.05) is 35.3 Å². The van der Waals surface area contributed by atoms with E-state index in [9.17, 15) is 9.59 Å². The highest BCUT2D eigenvalue weighted by molar-refractivity contribution is 6.31. The number of carbonyl (C=O) groups excluding carboxylic acids is 2. The van der Waals surface area contributed by atoms with Crippen LogP contribution in [0.15, 0.2) is 29.3 Å². The second-order valence-corrected chi connectivity index (χ2v) is 8.92. The number of benzene rings is 1. The Labute approximate surface area is 213 Å². The molecule has 2 amide bonds. The number of piperidine rings is 1. The zero-order chi connectivity index (χ0) is 25.5. The molecular formula is C22H29Cl2N9O2. The number of aliphatic imine (C=N–C) groups is 1. The number of carbonyl (C=O) groups is 2. The van der Waals surface area contributed by atoms with Crippen molar-refractivity contribution < 1.29 is 9.59 Å². The molecule has 11 nitrogen and oxygen atoms in total. The summed E-state index contributed by atoms with van der Waals surface area (Å²) >= 11 is 11.8. The van der Waals surface area contributed by atoms with Crippen LogP contribution in [-0.2, 0) is 11.3 Å². The van der Waals surface area contributed by atoms with E-state index in [2.05, 4.69) is 25.2 Å². The van der Waals surface area contributed by atoms with Gasteiger partial charge in [0.1, 0.15) is 0 Å². The second-order valence-electron chi connectivity index (χ2n) is 8.13. The molecular weight excluding hydrogens is 493 g/mol. The Morgan fingerprint density at radius 1 is 1.20 bits per heavy atom. The average molecular weight is 522 g/mol. The van der Waals surface area contributed by atoms with Gasteiger partial charge < -0.3 is 27.4 Å². The summed E-state index contributed by atoms with van der Waals surface area (Å²) in [6.07, 6.45) is 1.72. The van der Waals surface area contributed by atoms with Crippen molar-refractivity contribution in [3.63, 3.8) is 0 Å². The number of amides is 2. The van der Waals surface area contributed by atoms with Gasteiger partial charge in [-0.05, 0) is 44.0 Å². The maximum Gasteiger partial charge on any atom is 0.302 e. The minimum atomic E-state index is -0.762. The highest BCUT2D eigenvalue weighted by atomic mass is 35.5. The first-order valence-corrected chi connectivity index (χ1v) is 11.9. The van der Waals surface area contributed by atoms with E-state index in [1.54, 1.807) is 12.1 Å². The number of hydrogen-bond acceptors (Lipinski definition) is 7. The normalized spacial score (nSPS) is 16.7. The molecule has 1 saturated heterocycles. The molecule has 1 aromatic carbocycles. The number of likely N-dealkylation sites (N-methyl/N-ethyl adjacent to an activating group) is 1. The fourth-order valence-corrected chi connectivity index (χ4v) is 4.17. The molecule has 7 N–H and O–H groups in total. The molecule has 1 fully saturated rings. The number of halogens is 2. The summed E-state index contributed by atoms with van der Waals surface area (Å²) in [6.45, 7) is 4.51. The Morgan fingerprint density at radius 3 is 2.60 bits per heavy atom. The maximum atomic E-state index is 12.6. The minimum Gasteiger partial charge on any atom is -0.382 e. The number of guanidine groups is 1. The van der Waals surface area contributed by atoms with Gasteiger partial charge >= 0.3 is 5.91 Å². The average Bonchev–Trinajstić information content (AvgIpc) is 2.81. The van der Waals surface area contributed by atoms with E-state index in [1.807, 2.05) is 24.0 Å². The molecule has 0 bridgehead atoms. The SMILES string of the molecule is CCN(C(N)=NC(=O)c1nc(Cl)c(N)nc1N)C1CCCN(CC(=O)NCc2ccc(Cl)cc2)C1. The van der Waals surface area contributed by atoms with Crippen LogP contribution in [0.4, 0.5) is 11.6 Å². The highest BCUT2D eigenvalue weighted by Crippen LogP contribution is 2.19. The molecule has 0 aliphatic carbocycles. The van der Waals surface area contributed by atoms with Gasteiger partial charge in [0.15, 0.2) is 28.4 Å². The van der Waals surface area contributed by atoms with E-state index in [-0.39, 0.29) is 46.9 Å². The molecule has 3 rings (SSSR count). The molecule has 188 valence electrons. The van der Waals surface area contributed by atoms with Crippen molar-refractivity contribution in [3.05, 3.63) is 45.7 Å². The van der Waals surface area contributed by atoms with E-state index >= 15 is 0 Å². The summed E-state index contributed by atoms with van der Waals surface area (Å²) in [7, 11) is 0. The van der Waals surface area contributed by atoms with Crippen molar-refractivity contribution >= 4 is 52.6 Å². The predicted molar refractivity (Wildman–Crippen MR) is 137 cm³/mol. The zero-order valence-electron chi connectivity index (χ0n) is 19.4. The highest BCUT2D eigenvalue weighted by Gasteiger charge is 2.27. The van der Waals surface area contributed by atoms with Gasteiger partial charge in [0.2, 0.25) is 5.91 Å². The Bertz CT molecular complexity index is 1100. The Morgan fingerprint density at radius 2 is 1.91 bits per heavy atom. The lowest BCUT2D eigenvalue weighted by Gasteiger charge is -2.39. The molecule has 1 atom stereocenters. The number of nitrogens with zero attached hydrogens (tertiary/aromatic N) is 5. The molecule has 2 heterocycles. The third-order valence-corrected chi connectivity index (χ3v) is 6.18. The number of hydrogen-bond donors (Lipinski definition) is 4. The first kappa shape index (κ1) is 26.5. The third-order valence-electron chi connectivity index (χ3n) is 5.65. The fourth-order valence-electron chi connectivity index (χ4n) is 3.92. The minimum absolute atomic E-state index is 0.0206. The van der Waals surface area contributed by atoms with Crippen molar-refractivity contribution in [1.29, 1.82) is 0 Å². The van der Waals surface area contributed by atoms with Crippen LogP contribution in [0.25, 0.3) is 0 Å². The van der Waals surface area contributed by atoms with Crippen LogP contribution in [0.2, 0.25) is 10.2 Å². The van der Waals surface area contributed by atoms with Gasteiger partial charge in [0, 0.05) is 30.7 Å². The zero-order valence-corrected chi connectivity index (χ0v) is 20.9. The van der Waals surface area contributed by atoms with Crippen LogP contribution in [-0.4, -0.2) is 69.8 Å². The Kier molecular flexibility index (Phi) is 9.07. The molecule has 1 aromatic heterocycles. The number of likely N-dealkylation sites (tertiary alicyclic amines) is 1. The third kappa shape index (κ3) is 7.17. The molecule has 13 heteroatoms. The lowest BCUT2D eigenvalue weighted by molar-refractivity contribution is -0.122. The first-order chi connectivity index (χ1) is 16.7. The Balaban J connectivity index is 1.60. The van der Waals surface area contributed by atoms with Crippen molar-refractivity contribution in [2.45, 2.75) is 32.4 Å². The van der Waals surface area contributed by atoms with E-state index in [0.29, 0.717) is 24.7 Å². The first-order valence-electron chi connectivity index (χ1n) is 11.1. The number of nitrogens with two attached hydrogens (primary N) is 3. The molecule has 0 radical (unpaired) electrons. The molecule has 1 aliphatic rings. The lowest BCUT2D eigenvalue weighted by atomic mass is 10.0. The smallest absolute Gasteiger partial charge is 0.302 e. The summed E-state index contributed by atoms with van der Waals surface area (Å²) in [6, 6.07) is 7.31. The summed E-state index contributed by atoms with van der Waals surface area (Å²) in [5, 5.41) is 3.44. The largest absolute Gasteiger partial charge is 0.382 e. The summed E-state index contributed by atoms with van der Waals surface area (Å²) in [5.74, 6) is -1.06. The van der Waals surface area contributed by atoms with Gasteiger partial charge in [-0.3, -0.25) is 14.5 Å². The van der Waals surface area contributed by atoms with E-state index in [0.717, 1.165) is 24.9 Å². The Hall–Kier alpha value is -3.15.